The second-order valence-electron chi connectivity index (χ2n) is 5.81. The molecular formula is C18H20FNO4S. The lowest BCUT2D eigenvalue weighted by molar-refractivity contribution is -0.145. The number of hydrogen-bond acceptors (Lipinski definition) is 4. The highest BCUT2D eigenvalue weighted by atomic mass is 32.2. The third-order valence-corrected chi connectivity index (χ3v) is 5.14. The zero-order chi connectivity index (χ0) is 18.6. The predicted octanol–water partition coefficient (Wildman–Crippen LogP) is 3.28. The van der Waals surface area contributed by atoms with Crippen molar-refractivity contribution >= 4 is 21.7 Å². The van der Waals surface area contributed by atoms with Gasteiger partial charge in [-0.3, -0.25) is 9.10 Å². The quantitative estimate of drug-likeness (QED) is 0.737. The molecule has 0 saturated carbocycles. The van der Waals surface area contributed by atoms with Crippen molar-refractivity contribution in [1.82, 2.24) is 0 Å². The minimum atomic E-state index is -4.13. The summed E-state index contributed by atoms with van der Waals surface area (Å²) in [5.41, 5.74) is 0.680. The predicted molar refractivity (Wildman–Crippen MR) is 93.3 cm³/mol. The second-order valence-corrected chi connectivity index (χ2v) is 7.68. The number of esters is 1. The van der Waals surface area contributed by atoms with Crippen LogP contribution >= 0.6 is 0 Å². The minimum Gasteiger partial charge on any atom is -0.462 e. The first-order valence-electron chi connectivity index (χ1n) is 7.75. The normalized spacial score (nSPS) is 11.4. The molecule has 0 fully saturated rings. The highest BCUT2D eigenvalue weighted by Crippen LogP contribution is 2.26. The molecule has 0 radical (unpaired) electrons. The summed E-state index contributed by atoms with van der Waals surface area (Å²) in [6, 6.07) is 11.5. The fourth-order valence-corrected chi connectivity index (χ4v) is 3.63. The third-order valence-electron chi connectivity index (χ3n) is 3.37. The van der Waals surface area contributed by atoms with Crippen molar-refractivity contribution < 1.29 is 22.3 Å². The monoisotopic (exact) mass is 365 g/mol. The van der Waals surface area contributed by atoms with Crippen molar-refractivity contribution in [1.29, 1.82) is 0 Å². The van der Waals surface area contributed by atoms with Crippen LogP contribution in [0.2, 0.25) is 0 Å². The summed E-state index contributed by atoms with van der Waals surface area (Å²) in [7, 11) is -4.13. The van der Waals surface area contributed by atoms with Crippen molar-refractivity contribution in [2.24, 2.45) is 0 Å². The van der Waals surface area contributed by atoms with E-state index >= 15 is 0 Å². The molecule has 0 bridgehead atoms. The highest BCUT2D eigenvalue weighted by molar-refractivity contribution is 7.92. The molecule has 0 heterocycles. The van der Waals surface area contributed by atoms with Gasteiger partial charge in [-0.15, -0.1) is 0 Å². The van der Waals surface area contributed by atoms with Crippen LogP contribution in [-0.4, -0.2) is 27.0 Å². The van der Waals surface area contributed by atoms with E-state index in [9.17, 15) is 17.6 Å². The maximum absolute atomic E-state index is 14.2. The van der Waals surface area contributed by atoms with Crippen molar-refractivity contribution in [3.63, 3.8) is 0 Å². The number of ether oxygens (including phenoxy) is 1. The molecule has 0 saturated heterocycles. The Hall–Kier alpha value is -2.41. The Bertz CT molecular complexity index is 848. The summed E-state index contributed by atoms with van der Waals surface area (Å²) >= 11 is 0. The van der Waals surface area contributed by atoms with E-state index in [2.05, 4.69) is 0 Å². The molecule has 5 nitrogen and oxygen atoms in total. The van der Waals surface area contributed by atoms with E-state index in [0.29, 0.717) is 0 Å². The molecule has 25 heavy (non-hydrogen) atoms. The van der Waals surface area contributed by atoms with Crippen LogP contribution in [0.1, 0.15) is 19.4 Å². The molecule has 0 atom stereocenters. The number of rotatable bonds is 6. The van der Waals surface area contributed by atoms with Crippen LogP contribution in [0.3, 0.4) is 0 Å². The molecule has 0 amide bonds. The molecule has 0 N–H and O–H groups in total. The number of para-hydroxylation sites is 1. The zero-order valence-corrected chi connectivity index (χ0v) is 15.1. The maximum Gasteiger partial charge on any atom is 0.327 e. The van der Waals surface area contributed by atoms with Crippen LogP contribution in [-0.2, 0) is 19.6 Å². The first kappa shape index (κ1) is 18.9. The smallest absolute Gasteiger partial charge is 0.327 e. The van der Waals surface area contributed by atoms with Crippen LogP contribution in [0.4, 0.5) is 10.1 Å². The Morgan fingerprint density at radius 2 is 1.72 bits per heavy atom. The van der Waals surface area contributed by atoms with E-state index < -0.39 is 34.5 Å². The van der Waals surface area contributed by atoms with Crippen LogP contribution in [0.15, 0.2) is 53.4 Å². The Morgan fingerprint density at radius 1 is 1.12 bits per heavy atom. The molecule has 0 aliphatic carbocycles. The molecule has 2 aromatic rings. The number of aryl methyl sites for hydroxylation is 1. The number of benzene rings is 2. The Morgan fingerprint density at radius 3 is 2.28 bits per heavy atom. The lowest BCUT2D eigenvalue weighted by atomic mass is 10.2. The number of anilines is 1. The fourth-order valence-electron chi connectivity index (χ4n) is 2.21. The lowest BCUT2D eigenvalue weighted by Gasteiger charge is -2.24. The molecule has 0 spiro atoms. The Balaban J connectivity index is 2.48. The molecular weight excluding hydrogens is 345 g/mol. The first-order valence-corrected chi connectivity index (χ1v) is 9.19. The molecule has 0 aliphatic rings. The molecule has 134 valence electrons. The van der Waals surface area contributed by atoms with Crippen LogP contribution < -0.4 is 4.31 Å². The highest BCUT2D eigenvalue weighted by Gasteiger charge is 2.29. The molecule has 7 heteroatoms. The van der Waals surface area contributed by atoms with Gasteiger partial charge in [0.25, 0.3) is 10.0 Å². The van der Waals surface area contributed by atoms with Crippen LogP contribution in [0.25, 0.3) is 0 Å². The van der Waals surface area contributed by atoms with Gasteiger partial charge < -0.3 is 4.74 Å². The summed E-state index contributed by atoms with van der Waals surface area (Å²) in [6.45, 7) is 4.51. The Kier molecular flexibility index (Phi) is 5.79. The van der Waals surface area contributed by atoms with Gasteiger partial charge in [0.05, 0.1) is 16.7 Å². The van der Waals surface area contributed by atoms with Gasteiger partial charge >= 0.3 is 5.97 Å². The number of halogens is 1. The van der Waals surface area contributed by atoms with Crippen molar-refractivity contribution in [2.75, 3.05) is 10.8 Å². The van der Waals surface area contributed by atoms with Gasteiger partial charge in [-0.2, -0.15) is 0 Å². The van der Waals surface area contributed by atoms with Crippen LogP contribution in [0, 0.1) is 12.7 Å². The van der Waals surface area contributed by atoms with Crippen molar-refractivity contribution in [2.45, 2.75) is 31.8 Å². The van der Waals surface area contributed by atoms with Gasteiger partial charge in [-0.05, 0) is 45.0 Å². The number of hydrogen-bond donors (Lipinski definition) is 0. The van der Waals surface area contributed by atoms with Gasteiger partial charge in [0.15, 0.2) is 0 Å². The molecule has 2 aromatic carbocycles. The summed E-state index contributed by atoms with van der Waals surface area (Å²) in [5.74, 6) is -1.50. The Labute approximate surface area is 147 Å². The van der Waals surface area contributed by atoms with E-state index in [-0.39, 0.29) is 10.6 Å². The number of carbonyl (C=O) groups is 1. The van der Waals surface area contributed by atoms with E-state index in [4.69, 9.17) is 4.74 Å². The molecule has 0 aromatic heterocycles. The maximum atomic E-state index is 14.2. The van der Waals surface area contributed by atoms with E-state index in [1.54, 1.807) is 26.0 Å². The zero-order valence-electron chi connectivity index (χ0n) is 14.3. The van der Waals surface area contributed by atoms with Gasteiger partial charge in [-0.1, -0.05) is 29.8 Å². The summed E-state index contributed by atoms with van der Waals surface area (Å²) in [4.78, 5) is 12.0. The summed E-state index contributed by atoms with van der Waals surface area (Å²) < 4.78 is 45.9. The first-order chi connectivity index (χ1) is 11.7. The molecule has 2 rings (SSSR count). The van der Waals surface area contributed by atoms with Gasteiger partial charge in [-0.25, -0.2) is 12.8 Å². The van der Waals surface area contributed by atoms with Gasteiger partial charge in [0.1, 0.15) is 12.4 Å². The molecule has 0 unspecified atom stereocenters. The second kappa shape index (κ2) is 7.65. The SMILES string of the molecule is Cc1ccc(S(=O)(=O)N(CC(=O)OC(C)C)c2ccccc2F)cc1. The standard InChI is InChI=1S/C18H20FNO4S/c1-13(2)24-18(21)12-20(17-7-5-4-6-16(17)19)25(22,23)15-10-8-14(3)9-11-15/h4-11,13H,12H2,1-3H3. The van der Waals surface area contributed by atoms with Crippen LogP contribution in [0.5, 0.6) is 0 Å². The largest absolute Gasteiger partial charge is 0.462 e. The average molecular weight is 365 g/mol. The average Bonchev–Trinajstić information content (AvgIpc) is 2.53. The fraction of sp³-hybridized carbons (Fsp3) is 0.278. The number of carbonyl (C=O) groups excluding carboxylic acids is 1. The summed E-state index contributed by atoms with van der Waals surface area (Å²) in [5, 5.41) is 0. The van der Waals surface area contributed by atoms with E-state index in [1.807, 2.05) is 6.92 Å². The van der Waals surface area contributed by atoms with E-state index in [0.717, 1.165) is 15.9 Å². The van der Waals surface area contributed by atoms with Gasteiger partial charge in [0.2, 0.25) is 0 Å². The minimum absolute atomic E-state index is 0.0290. The van der Waals surface area contributed by atoms with E-state index in [1.165, 1.54) is 30.3 Å². The number of nitrogens with zero attached hydrogens (tertiary/aromatic N) is 1. The molecule has 0 aliphatic heterocycles. The van der Waals surface area contributed by atoms with Crippen molar-refractivity contribution in [3.8, 4) is 0 Å². The third kappa shape index (κ3) is 4.57. The summed E-state index contributed by atoms with van der Waals surface area (Å²) in [6.07, 6.45) is -0.406. The lowest BCUT2D eigenvalue weighted by Crippen LogP contribution is -2.37. The topological polar surface area (TPSA) is 63.7 Å². The van der Waals surface area contributed by atoms with Crippen molar-refractivity contribution in [3.05, 3.63) is 59.9 Å². The number of sulfonamides is 1. The van der Waals surface area contributed by atoms with Gasteiger partial charge in [0, 0.05) is 0 Å².